The lowest BCUT2D eigenvalue weighted by molar-refractivity contribution is 0.0980. The van der Waals surface area contributed by atoms with E-state index in [0.717, 1.165) is 18.4 Å². The smallest absolute Gasteiger partial charge is 0.268 e. The van der Waals surface area contributed by atoms with E-state index in [1.165, 1.54) is 0 Å². The minimum absolute atomic E-state index is 0.356. The molecule has 1 heterocycles. The fraction of sp³-hybridized carbons (Fsp3) is 0.300. The average molecular weight is 240 g/mol. The number of aryl methyl sites for hydroxylation is 1. The Balaban J connectivity index is 2.55. The first-order chi connectivity index (χ1) is 7.53. The summed E-state index contributed by atoms with van der Waals surface area (Å²) in [6.45, 7) is 2.00. The molecule has 0 radical (unpaired) electrons. The molecule has 2 N–H and O–H groups in total. The van der Waals surface area contributed by atoms with E-state index in [4.69, 9.17) is 0 Å². The number of rotatable bonds is 2. The van der Waals surface area contributed by atoms with E-state index >= 15 is 0 Å². The summed E-state index contributed by atoms with van der Waals surface area (Å²) in [5.74, 6) is -0.558. The van der Waals surface area contributed by atoms with Gasteiger partial charge in [-0.25, -0.2) is 4.72 Å². The van der Waals surface area contributed by atoms with Gasteiger partial charge in [0, 0.05) is 0 Å². The molecule has 5 nitrogen and oxygen atoms in total. The zero-order valence-corrected chi connectivity index (χ0v) is 9.60. The van der Waals surface area contributed by atoms with Crippen LogP contribution in [0.15, 0.2) is 18.2 Å². The largest absolute Gasteiger partial charge is 0.323 e. The van der Waals surface area contributed by atoms with Crippen molar-refractivity contribution in [2.75, 3.05) is 4.72 Å². The summed E-state index contributed by atoms with van der Waals surface area (Å²) in [4.78, 5) is 11.7. The molecule has 0 saturated carbocycles. The fourth-order valence-corrected chi connectivity index (χ4v) is 2.63. The third-order valence-electron chi connectivity index (χ3n) is 2.37. The van der Waals surface area contributed by atoms with Crippen molar-refractivity contribution < 1.29 is 13.2 Å². The molecule has 0 atom stereocenters. The first-order valence-electron chi connectivity index (χ1n) is 5.00. The van der Waals surface area contributed by atoms with Crippen molar-refractivity contribution in [2.45, 2.75) is 19.8 Å². The van der Waals surface area contributed by atoms with E-state index < -0.39 is 16.1 Å². The molecule has 0 saturated heterocycles. The van der Waals surface area contributed by atoms with Gasteiger partial charge in [-0.15, -0.1) is 0 Å². The van der Waals surface area contributed by atoms with Crippen LogP contribution in [0.25, 0.3) is 0 Å². The minimum Gasteiger partial charge on any atom is -0.268 e. The molecule has 0 fully saturated rings. The van der Waals surface area contributed by atoms with Crippen LogP contribution in [0, 0.1) is 0 Å². The molecule has 1 aromatic carbocycles. The van der Waals surface area contributed by atoms with Crippen LogP contribution in [-0.4, -0.2) is 14.3 Å². The molecule has 0 aliphatic carbocycles. The molecular formula is C10H12N2O3S. The van der Waals surface area contributed by atoms with Crippen LogP contribution in [0.4, 0.5) is 5.69 Å². The van der Waals surface area contributed by atoms with Gasteiger partial charge >= 0.3 is 10.2 Å². The maximum absolute atomic E-state index is 11.7. The highest BCUT2D eigenvalue weighted by molar-refractivity contribution is 7.91. The molecule has 0 bridgehead atoms. The normalized spacial score (nSPS) is 17.2. The fourth-order valence-electron chi connectivity index (χ4n) is 1.77. The summed E-state index contributed by atoms with van der Waals surface area (Å²) in [5.41, 5.74) is 1.65. The van der Waals surface area contributed by atoms with Gasteiger partial charge in [-0.1, -0.05) is 25.5 Å². The molecule has 0 unspecified atom stereocenters. The van der Waals surface area contributed by atoms with Crippen LogP contribution in [-0.2, 0) is 16.6 Å². The van der Waals surface area contributed by atoms with Gasteiger partial charge in [0.2, 0.25) is 0 Å². The highest BCUT2D eigenvalue weighted by Crippen LogP contribution is 2.25. The van der Waals surface area contributed by atoms with Gasteiger partial charge in [0.25, 0.3) is 5.91 Å². The zero-order valence-electron chi connectivity index (χ0n) is 8.78. The van der Waals surface area contributed by atoms with Gasteiger partial charge in [0.15, 0.2) is 0 Å². The Bertz CT molecular complexity index is 537. The first kappa shape index (κ1) is 10.9. The number of nitrogens with one attached hydrogen (secondary N) is 2. The molecule has 0 spiro atoms. The lowest BCUT2D eigenvalue weighted by Gasteiger charge is -2.20. The Hall–Kier alpha value is -1.56. The molecule has 6 heteroatoms. The van der Waals surface area contributed by atoms with Crippen LogP contribution in [0.2, 0.25) is 0 Å². The topological polar surface area (TPSA) is 75.3 Å². The molecule has 0 aromatic heterocycles. The Morgan fingerprint density at radius 1 is 1.25 bits per heavy atom. The standard InChI is InChI=1S/C10H12N2O3S/c1-2-4-7-5-3-6-8-9(7)10(13)12-16(14,15)11-8/h3,5-6,11H,2,4H2,1H3,(H,12,13). The third-order valence-corrected chi connectivity index (χ3v) is 3.31. The van der Waals surface area contributed by atoms with Crippen molar-refractivity contribution in [3.8, 4) is 0 Å². The SMILES string of the molecule is CCCc1cccc2c1C(=O)NS(=O)(=O)N2. The summed E-state index contributed by atoms with van der Waals surface area (Å²) in [6.07, 6.45) is 1.65. The monoisotopic (exact) mass is 240 g/mol. The predicted molar refractivity (Wildman–Crippen MR) is 60.4 cm³/mol. The van der Waals surface area contributed by atoms with Crippen molar-refractivity contribution >= 4 is 21.8 Å². The number of fused-ring (bicyclic) bond motifs is 1. The highest BCUT2D eigenvalue weighted by atomic mass is 32.2. The highest BCUT2D eigenvalue weighted by Gasteiger charge is 2.27. The van der Waals surface area contributed by atoms with Crippen LogP contribution in [0.1, 0.15) is 29.3 Å². The van der Waals surface area contributed by atoms with Gasteiger partial charge in [-0.05, 0) is 18.1 Å². The summed E-state index contributed by atoms with van der Waals surface area (Å²) in [6, 6.07) is 5.16. The molecule has 86 valence electrons. The average Bonchev–Trinajstić information content (AvgIpc) is 2.15. The van der Waals surface area contributed by atoms with Crippen molar-refractivity contribution in [1.82, 2.24) is 4.72 Å². The van der Waals surface area contributed by atoms with Crippen molar-refractivity contribution in [2.24, 2.45) is 0 Å². The molecule has 1 aromatic rings. The maximum atomic E-state index is 11.7. The van der Waals surface area contributed by atoms with E-state index in [2.05, 4.69) is 4.72 Å². The number of hydrogen-bond donors (Lipinski definition) is 2. The zero-order chi connectivity index (χ0) is 11.8. The maximum Gasteiger partial charge on any atom is 0.323 e. The summed E-state index contributed by atoms with van der Waals surface area (Å²) >= 11 is 0. The van der Waals surface area contributed by atoms with Crippen LogP contribution in [0.5, 0.6) is 0 Å². The van der Waals surface area contributed by atoms with Crippen molar-refractivity contribution in [3.63, 3.8) is 0 Å². The van der Waals surface area contributed by atoms with E-state index in [9.17, 15) is 13.2 Å². The number of benzene rings is 1. The number of hydrogen-bond acceptors (Lipinski definition) is 3. The quantitative estimate of drug-likeness (QED) is 0.811. The van der Waals surface area contributed by atoms with Crippen LogP contribution < -0.4 is 9.44 Å². The molecule has 1 amide bonds. The Morgan fingerprint density at radius 2 is 2.00 bits per heavy atom. The minimum atomic E-state index is -3.73. The molecule has 1 aliphatic rings. The molecule has 1 aliphatic heterocycles. The lowest BCUT2D eigenvalue weighted by Crippen LogP contribution is -2.40. The van der Waals surface area contributed by atoms with Gasteiger partial charge < -0.3 is 0 Å². The van der Waals surface area contributed by atoms with E-state index in [-0.39, 0.29) is 0 Å². The molecule has 16 heavy (non-hydrogen) atoms. The Kier molecular flexibility index (Phi) is 2.59. The van der Waals surface area contributed by atoms with E-state index in [1.54, 1.807) is 12.1 Å². The van der Waals surface area contributed by atoms with E-state index in [1.807, 2.05) is 17.7 Å². The first-order valence-corrected chi connectivity index (χ1v) is 6.48. The van der Waals surface area contributed by atoms with Gasteiger partial charge in [0.1, 0.15) is 0 Å². The number of carbonyl (C=O) groups excluding carboxylic acids is 1. The summed E-state index contributed by atoms with van der Waals surface area (Å²) < 4.78 is 26.7. The second kappa shape index (κ2) is 3.79. The predicted octanol–water partition coefficient (Wildman–Crippen LogP) is 1.04. The lowest BCUT2D eigenvalue weighted by atomic mass is 10.0. The summed E-state index contributed by atoms with van der Waals surface area (Å²) in [5, 5.41) is 0. The number of anilines is 1. The van der Waals surface area contributed by atoms with Gasteiger partial charge in [0.05, 0.1) is 11.3 Å². The van der Waals surface area contributed by atoms with E-state index in [0.29, 0.717) is 11.3 Å². The van der Waals surface area contributed by atoms with Crippen molar-refractivity contribution in [1.29, 1.82) is 0 Å². The van der Waals surface area contributed by atoms with Crippen LogP contribution in [0.3, 0.4) is 0 Å². The third kappa shape index (κ3) is 1.88. The Labute approximate surface area is 94.0 Å². The number of amides is 1. The Morgan fingerprint density at radius 3 is 2.69 bits per heavy atom. The summed E-state index contributed by atoms with van der Waals surface area (Å²) in [7, 11) is -3.73. The van der Waals surface area contributed by atoms with Gasteiger partial charge in [-0.3, -0.25) is 9.52 Å². The van der Waals surface area contributed by atoms with Crippen LogP contribution >= 0.6 is 0 Å². The molecule has 2 rings (SSSR count). The second-order valence-corrected chi connectivity index (χ2v) is 5.04. The van der Waals surface area contributed by atoms with Gasteiger partial charge in [-0.2, -0.15) is 8.42 Å². The molecular weight excluding hydrogens is 228 g/mol. The van der Waals surface area contributed by atoms with Crippen molar-refractivity contribution in [3.05, 3.63) is 29.3 Å². The number of carbonyl (C=O) groups is 1. The second-order valence-electron chi connectivity index (χ2n) is 3.63.